The largest absolute Gasteiger partial charge is 0.480 e. The smallest absolute Gasteiger partial charge is 0.320 e. The van der Waals surface area contributed by atoms with Gasteiger partial charge >= 0.3 is 5.97 Å². The first kappa shape index (κ1) is 11.4. The fourth-order valence-electron chi connectivity index (χ4n) is 0.616. The van der Waals surface area contributed by atoms with Crippen molar-refractivity contribution in [3.8, 4) is 0 Å². The fraction of sp³-hybridized carbons (Fsp3) is 0.875. The molecule has 1 unspecified atom stereocenters. The average Bonchev–Trinajstić information content (AvgIpc) is 1.84. The minimum atomic E-state index is -0.979. The zero-order valence-corrected chi connectivity index (χ0v) is 7.83. The Labute approximate surface area is 72.7 Å². The molecule has 0 heterocycles. The van der Waals surface area contributed by atoms with Crippen molar-refractivity contribution in [2.24, 2.45) is 5.73 Å². The second kappa shape index (κ2) is 4.42. The van der Waals surface area contributed by atoms with Crippen LogP contribution in [0.2, 0.25) is 0 Å². The van der Waals surface area contributed by atoms with Gasteiger partial charge in [0.25, 0.3) is 0 Å². The van der Waals surface area contributed by atoms with Crippen molar-refractivity contribution in [3.05, 3.63) is 0 Å². The Balaban J connectivity index is 3.51. The first-order valence-electron chi connectivity index (χ1n) is 3.95. The van der Waals surface area contributed by atoms with Gasteiger partial charge in [0.05, 0.1) is 5.60 Å². The van der Waals surface area contributed by atoms with Crippen LogP contribution in [-0.2, 0) is 9.53 Å². The van der Waals surface area contributed by atoms with E-state index in [0.717, 1.165) is 0 Å². The van der Waals surface area contributed by atoms with Gasteiger partial charge in [-0.15, -0.1) is 0 Å². The summed E-state index contributed by atoms with van der Waals surface area (Å²) < 4.78 is 5.31. The van der Waals surface area contributed by atoms with Gasteiger partial charge in [-0.25, -0.2) is 0 Å². The van der Waals surface area contributed by atoms with Crippen molar-refractivity contribution in [3.63, 3.8) is 0 Å². The Morgan fingerprint density at radius 2 is 2.08 bits per heavy atom. The maximum atomic E-state index is 10.3. The van der Waals surface area contributed by atoms with Crippen LogP contribution in [0.25, 0.3) is 0 Å². The van der Waals surface area contributed by atoms with E-state index in [2.05, 4.69) is 0 Å². The van der Waals surface area contributed by atoms with Crippen molar-refractivity contribution < 1.29 is 14.6 Å². The zero-order chi connectivity index (χ0) is 9.78. The SMILES string of the molecule is CC(C)(C)OCCC(N)C(=O)O. The van der Waals surface area contributed by atoms with E-state index >= 15 is 0 Å². The molecule has 4 heteroatoms. The lowest BCUT2D eigenvalue weighted by atomic mass is 10.2. The molecule has 12 heavy (non-hydrogen) atoms. The molecule has 72 valence electrons. The minimum Gasteiger partial charge on any atom is -0.480 e. The molecular formula is C8H17NO3. The number of carbonyl (C=O) groups is 1. The fourth-order valence-corrected chi connectivity index (χ4v) is 0.616. The summed E-state index contributed by atoms with van der Waals surface area (Å²) in [6.45, 7) is 6.13. The molecule has 0 fully saturated rings. The van der Waals surface area contributed by atoms with Gasteiger partial charge in [-0.05, 0) is 27.2 Å². The second-order valence-corrected chi connectivity index (χ2v) is 3.69. The molecule has 0 amide bonds. The normalized spacial score (nSPS) is 14.3. The summed E-state index contributed by atoms with van der Waals surface area (Å²) in [6, 6.07) is -0.813. The Bertz CT molecular complexity index is 151. The lowest BCUT2D eigenvalue weighted by molar-refractivity contribution is -0.139. The summed E-state index contributed by atoms with van der Waals surface area (Å²) in [7, 11) is 0. The van der Waals surface area contributed by atoms with E-state index in [0.29, 0.717) is 13.0 Å². The molecule has 0 saturated heterocycles. The quantitative estimate of drug-likeness (QED) is 0.656. The van der Waals surface area contributed by atoms with Gasteiger partial charge in [0, 0.05) is 6.61 Å². The molecule has 0 aromatic rings. The van der Waals surface area contributed by atoms with Crippen LogP contribution in [0.3, 0.4) is 0 Å². The number of carboxylic acids is 1. The monoisotopic (exact) mass is 175 g/mol. The number of rotatable bonds is 4. The molecule has 0 aromatic heterocycles. The van der Waals surface area contributed by atoms with E-state index in [1.807, 2.05) is 20.8 Å². The van der Waals surface area contributed by atoms with Gasteiger partial charge in [-0.2, -0.15) is 0 Å². The standard InChI is InChI=1S/C8H17NO3/c1-8(2,3)12-5-4-6(9)7(10)11/h6H,4-5,9H2,1-3H3,(H,10,11). The topological polar surface area (TPSA) is 72.5 Å². The van der Waals surface area contributed by atoms with Crippen molar-refractivity contribution >= 4 is 5.97 Å². The third-order valence-corrected chi connectivity index (χ3v) is 1.28. The average molecular weight is 175 g/mol. The number of nitrogens with two attached hydrogens (primary N) is 1. The molecule has 0 aromatic carbocycles. The predicted molar refractivity (Wildman–Crippen MR) is 45.9 cm³/mol. The molecule has 0 radical (unpaired) electrons. The van der Waals surface area contributed by atoms with Crippen LogP contribution in [-0.4, -0.2) is 29.3 Å². The van der Waals surface area contributed by atoms with Gasteiger partial charge < -0.3 is 15.6 Å². The van der Waals surface area contributed by atoms with E-state index in [1.165, 1.54) is 0 Å². The molecule has 0 aliphatic carbocycles. The molecule has 0 bridgehead atoms. The summed E-state index contributed by atoms with van der Waals surface area (Å²) in [4.78, 5) is 10.3. The van der Waals surface area contributed by atoms with Crippen LogP contribution < -0.4 is 5.73 Å². The Hall–Kier alpha value is -0.610. The summed E-state index contributed by atoms with van der Waals surface area (Å²) in [5.41, 5.74) is 5.04. The van der Waals surface area contributed by atoms with E-state index in [9.17, 15) is 4.79 Å². The predicted octanol–water partition coefficient (Wildman–Crippen LogP) is 0.603. The van der Waals surface area contributed by atoms with Gasteiger partial charge in [-0.3, -0.25) is 4.79 Å². The zero-order valence-electron chi connectivity index (χ0n) is 7.83. The van der Waals surface area contributed by atoms with Gasteiger partial charge in [0.1, 0.15) is 6.04 Å². The molecule has 3 N–H and O–H groups in total. The highest BCUT2D eigenvalue weighted by Crippen LogP contribution is 2.07. The first-order chi connectivity index (χ1) is 5.33. The first-order valence-corrected chi connectivity index (χ1v) is 3.95. The van der Waals surface area contributed by atoms with Crippen LogP contribution in [0.15, 0.2) is 0 Å². The summed E-state index contributed by atoms with van der Waals surface area (Å²) in [5.74, 6) is -0.979. The van der Waals surface area contributed by atoms with Crippen molar-refractivity contribution in [2.75, 3.05) is 6.61 Å². The van der Waals surface area contributed by atoms with Gasteiger partial charge in [0.2, 0.25) is 0 Å². The van der Waals surface area contributed by atoms with Crippen molar-refractivity contribution in [1.82, 2.24) is 0 Å². The van der Waals surface area contributed by atoms with Gasteiger partial charge in [0.15, 0.2) is 0 Å². The third kappa shape index (κ3) is 6.12. The lowest BCUT2D eigenvalue weighted by Gasteiger charge is -2.19. The maximum Gasteiger partial charge on any atom is 0.320 e. The highest BCUT2D eigenvalue weighted by Gasteiger charge is 2.14. The number of carboxylic acid groups (broad SMARTS) is 1. The molecule has 4 nitrogen and oxygen atoms in total. The summed E-state index contributed by atoms with van der Waals surface area (Å²) in [5, 5.41) is 8.43. The molecular weight excluding hydrogens is 158 g/mol. The van der Waals surface area contributed by atoms with Crippen LogP contribution in [0.5, 0.6) is 0 Å². The van der Waals surface area contributed by atoms with Crippen LogP contribution in [0.1, 0.15) is 27.2 Å². The van der Waals surface area contributed by atoms with Crippen molar-refractivity contribution in [1.29, 1.82) is 0 Å². The van der Waals surface area contributed by atoms with Gasteiger partial charge in [-0.1, -0.05) is 0 Å². The minimum absolute atomic E-state index is 0.224. The Morgan fingerprint density at radius 3 is 2.42 bits per heavy atom. The number of hydrogen-bond acceptors (Lipinski definition) is 3. The lowest BCUT2D eigenvalue weighted by Crippen LogP contribution is -2.32. The molecule has 0 rings (SSSR count). The van der Waals surface area contributed by atoms with Crippen LogP contribution >= 0.6 is 0 Å². The molecule has 0 aliphatic rings. The maximum absolute atomic E-state index is 10.3. The van der Waals surface area contributed by atoms with E-state index in [-0.39, 0.29) is 5.60 Å². The van der Waals surface area contributed by atoms with E-state index < -0.39 is 12.0 Å². The summed E-state index contributed by atoms with van der Waals surface area (Å²) >= 11 is 0. The molecule has 0 spiro atoms. The highest BCUT2D eigenvalue weighted by atomic mass is 16.5. The highest BCUT2D eigenvalue weighted by molar-refractivity contribution is 5.72. The number of ether oxygens (including phenoxy) is 1. The van der Waals surface area contributed by atoms with Crippen molar-refractivity contribution in [2.45, 2.75) is 38.8 Å². The third-order valence-electron chi connectivity index (χ3n) is 1.28. The molecule has 1 atom stereocenters. The molecule has 0 saturated carbocycles. The Morgan fingerprint density at radius 1 is 1.58 bits per heavy atom. The second-order valence-electron chi connectivity index (χ2n) is 3.69. The Kier molecular flexibility index (Phi) is 4.20. The number of aliphatic carboxylic acids is 1. The number of hydrogen-bond donors (Lipinski definition) is 2. The van der Waals surface area contributed by atoms with E-state index in [1.54, 1.807) is 0 Å². The molecule has 0 aliphatic heterocycles. The van der Waals surface area contributed by atoms with Crippen LogP contribution in [0, 0.1) is 0 Å². The summed E-state index contributed by atoms with van der Waals surface area (Å²) in [6.07, 6.45) is 0.354. The van der Waals surface area contributed by atoms with Crippen LogP contribution in [0.4, 0.5) is 0 Å². The van der Waals surface area contributed by atoms with E-state index in [4.69, 9.17) is 15.6 Å².